The monoisotopic (exact) mass is 144 g/mol. The van der Waals surface area contributed by atoms with E-state index in [1.807, 2.05) is 0 Å². The maximum atomic E-state index is 10.7. The third-order valence-electron chi connectivity index (χ3n) is 1.37. The Hall–Kier alpha value is -0.830. The molecule has 3 heteroatoms. The van der Waals surface area contributed by atoms with E-state index < -0.39 is 0 Å². The maximum absolute atomic E-state index is 10.7. The molecule has 0 aromatic heterocycles. The molecular formula is C7H12O3. The summed E-state index contributed by atoms with van der Waals surface area (Å²) < 4.78 is 4.43. The lowest BCUT2D eigenvalue weighted by Gasteiger charge is -2.01. The highest BCUT2D eigenvalue weighted by molar-refractivity contribution is 5.88. The number of aliphatic hydroxyl groups is 1. The standard InChI is InChI=1S/C7H12O3/c1-5(4-8)6(2)7(9)10-3/h8H,4H2,1-3H3/b6-5+. The van der Waals surface area contributed by atoms with Crippen molar-refractivity contribution in [1.29, 1.82) is 0 Å². The summed E-state index contributed by atoms with van der Waals surface area (Å²) in [5.74, 6) is -0.383. The summed E-state index contributed by atoms with van der Waals surface area (Å²) in [4.78, 5) is 10.7. The van der Waals surface area contributed by atoms with E-state index in [2.05, 4.69) is 4.74 Å². The largest absolute Gasteiger partial charge is 0.466 e. The maximum Gasteiger partial charge on any atom is 0.333 e. The summed E-state index contributed by atoms with van der Waals surface area (Å²) in [6, 6.07) is 0. The van der Waals surface area contributed by atoms with Crippen LogP contribution in [0, 0.1) is 0 Å². The van der Waals surface area contributed by atoms with Crippen molar-refractivity contribution >= 4 is 5.97 Å². The molecule has 10 heavy (non-hydrogen) atoms. The van der Waals surface area contributed by atoms with Crippen LogP contribution in [0.3, 0.4) is 0 Å². The van der Waals surface area contributed by atoms with Gasteiger partial charge in [0.1, 0.15) is 0 Å². The molecule has 58 valence electrons. The van der Waals surface area contributed by atoms with E-state index in [1.165, 1.54) is 7.11 Å². The fraction of sp³-hybridized carbons (Fsp3) is 0.571. The summed E-state index contributed by atoms with van der Waals surface area (Å²) in [5, 5.41) is 8.58. The highest BCUT2D eigenvalue weighted by Gasteiger charge is 2.05. The number of esters is 1. The summed E-state index contributed by atoms with van der Waals surface area (Å²) in [6.45, 7) is 3.21. The van der Waals surface area contributed by atoms with E-state index in [-0.39, 0.29) is 12.6 Å². The number of carbonyl (C=O) groups excluding carboxylic acids is 1. The third kappa shape index (κ3) is 2.19. The molecule has 0 aliphatic heterocycles. The van der Waals surface area contributed by atoms with Gasteiger partial charge in [0.05, 0.1) is 13.7 Å². The summed E-state index contributed by atoms with van der Waals surface area (Å²) in [7, 11) is 1.32. The number of hydrogen-bond acceptors (Lipinski definition) is 3. The molecular weight excluding hydrogens is 132 g/mol. The van der Waals surface area contributed by atoms with Crippen LogP contribution in [0.4, 0.5) is 0 Å². The van der Waals surface area contributed by atoms with Crippen LogP contribution in [-0.4, -0.2) is 24.8 Å². The summed E-state index contributed by atoms with van der Waals surface area (Å²) >= 11 is 0. The molecule has 0 bridgehead atoms. The second-order valence-corrected chi connectivity index (χ2v) is 2.06. The SMILES string of the molecule is COC(=O)/C(C)=C(\C)CO. The molecule has 0 aliphatic rings. The van der Waals surface area contributed by atoms with Crippen LogP contribution in [0.1, 0.15) is 13.8 Å². The average molecular weight is 144 g/mol. The van der Waals surface area contributed by atoms with Gasteiger partial charge in [0.2, 0.25) is 0 Å². The second-order valence-electron chi connectivity index (χ2n) is 2.06. The van der Waals surface area contributed by atoms with Crippen molar-refractivity contribution in [2.45, 2.75) is 13.8 Å². The molecule has 0 radical (unpaired) electrons. The number of carbonyl (C=O) groups is 1. The number of aliphatic hydroxyl groups excluding tert-OH is 1. The smallest absolute Gasteiger partial charge is 0.333 e. The van der Waals surface area contributed by atoms with Gasteiger partial charge in [-0.2, -0.15) is 0 Å². The van der Waals surface area contributed by atoms with Crippen LogP contribution in [0.15, 0.2) is 11.1 Å². The first-order valence-electron chi connectivity index (χ1n) is 2.99. The van der Waals surface area contributed by atoms with E-state index in [4.69, 9.17) is 5.11 Å². The normalized spacial score (nSPS) is 12.4. The minimum absolute atomic E-state index is 0.0963. The predicted octanol–water partition coefficient (Wildman–Crippen LogP) is 0.488. The lowest BCUT2D eigenvalue weighted by Crippen LogP contribution is -2.05. The summed E-state index contributed by atoms with van der Waals surface area (Å²) in [6.07, 6.45) is 0. The van der Waals surface area contributed by atoms with E-state index in [0.717, 1.165) is 0 Å². The molecule has 0 unspecified atom stereocenters. The van der Waals surface area contributed by atoms with Crippen molar-refractivity contribution in [2.75, 3.05) is 13.7 Å². The molecule has 0 rings (SSSR count). The zero-order valence-electron chi connectivity index (χ0n) is 6.47. The quantitative estimate of drug-likeness (QED) is 0.453. The Bertz CT molecular complexity index is 158. The number of ether oxygens (including phenoxy) is 1. The molecule has 1 N–H and O–H groups in total. The van der Waals surface area contributed by atoms with Gasteiger partial charge in [0, 0.05) is 5.57 Å². The van der Waals surface area contributed by atoms with E-state index in [1.54, 1.807) is 13.8 Å². The molecule has 0 saturated heterocycles. The fourth-order valence-corrected chi connectivity index (χ4v) is 0.446. The first-order valence-corrected chi connectivity index (χ1v) is 2.99. The van der Waals surface area contributed by atoms with Crippen molar-refractivity contribution in [2.24, 2.45) is 0 Å². The van der Waals surface area contributed by atoms with Crippen molar-refractivity contribution in [3.05, 3.63) is 11.1 Å². The Morgan fingerprint density at radius 3 is 2.30 bits per heavy atom. The van der Waals surface area contributed by atoms with E-state index in [9.17, 15) is 4.79 Å². The van der Waals surface area contributed by atoms with Crippen LogP contribution in [-0.2, 0) is 9.53 Å². The number of methoxy groups -OCH3 is 1. The first-order chi connectivity index (χ1) is 4.63. The van der Waals surface area contributed by atoms with Crippen LogP contribution >= 0.6 is 0 Å². The Labute approximate surface area is 60.3 Å². The van der Waals surface area contributed by atoms with Crippen LogP contribution in [0.25, 0.3) is 0 Å². The first kappa shape index (κ1) is 9.17. The van der Waals surface area contributed by atoms with Gasteiger partial charge in [-0.25, -0.2) is 4.79 Å². The molecule has 0 amide bonds. The lowest BCUT2D eigenvalue weighted by atomic mass is 10.2. The van der Waals surface area contributed by atoms with Gasteiger partial charge in [-0.1, -0.05) is 0 Å². The minimum atomic E-state index is -0.383. The van der Waals surface area contributed by atoms with Gasteiger partial charge in [0.25, 0.3) is 0 Å². The van der Waals surface area contributed by atoms with Gasteiger partial charge in [-0.15, -0.1) is 0 Å². The third-order valence-corrected chi connectivity index (χ3v) is 1.37. The Balaban J connectivity index is 4.30. The van der Waals surface area contributed by atoms with Crippen molar-refractivity contribution in [3.63, 3.8) is 0 Å². The van der Waals surface area contributed by atoms with E-state index in [0.29, 0.717) is 11.1 Å². The Morgan fingerprint density at radius 1 is 1.50 bits per heavy atom. The van der Waals surface area contributed by atoms with Crippen molar-refractivity contribution < 1.29 is 14.6 Å². The zero-order valence-corrected chi connectivity index (χ0v) is 6.47. The fourth-order valence-electron chi connectivity index (χ4n) is 0.446. The predicted molar refractivity (Wildman–Crippen MR) is 37.5 cm³/mol. The highest BCUT2D eigenvalue weighted by atomic mass is 16.5. The highest BCUT2D eigenvalue weighted by Crippen LogP contribution is 2.02. The topological polar surface area (TPSA) is 46.5 Å². The van der Waals surface area contributed by atoms with E-state index >= 15 is 0 Å². The van der Waals surface area contributed by atoms with Crippen LogP contribution in [0.5, 0.6) is 0 Å². The molecule has 0 aromatic carbocycles. The molecule has 0 atom stereocenters. The van der Waals surface area contributed by atoms with Gasteiger partial charge in [0.15, 0.2) is 0 Å². The molecule has 0 saturated carbocycles. The van der Waals surface area contributed by atoms with Crippen LogP contribution < -0.4 is 0 Å². The molecule has 3 nitrogen and oxygen atoms in total. The Kier molecular flexibility index (Phi) is 3.72. The molecule has 0 heterocycles. The van der Waals surface area contributed by atoms with Crippen molar-refractivity contribution in [3.8, 4) is 0 Å². The summed E-state index contributed by atoms with van der Waals surface area (Å²) in [5.41, 5.74) is 1.12. The lowest BCUT2D eigenvalue weighted by molar-refractivity contribution is -0.136. The average Bonchev–Trinajstić information content (AvgIpc) is 2.00. The minimum Gasteiger partial charge on any atom is -0.466 e. The molecule has 0 spiro atoms. The van der Waals surface area contributed by atoms with Gasteiger partial charge < -0.3 is 9.84 Å². The zero-order chi connectivity index (χ0) is 8.15. The molecule has 0 fully saturated rings. The number of rotatable bonds is 2. The van der Waals surface area contributed by atoms with Gasteiger partial charge in [-0.05, 0) is 19.4 Å². The second kappa shape index (κ2) is 4.06. The van der Waals surface area contributed by atoms with Crippen LogP contribution in [0.2, 0.25) is 0 Å². The molecule has 0 aliphatic carbocycles. The molecule has 0 aromatic rings. The van der Waals surface area contributed by atoms with Gasteiger partial charge >= 0.3 is 5.97 Å². The number of hydrogen-bond donors (Lipinski definition) is 1. The van der Waals surface area contributed by atoms with Gasteiger partial charge in [-0.3, -0.25) is 0 Å². The Morgan fingerprint density at radius 2 is 2.00 bits per heavy atom. The van der Waals surface area contributed by atoms with Crippen molar-refractivity contribution in [1.82, 2.24) is 0 Å².